The van der Waals surface area contributed by atoms with Crippen LogP contribution in [0.1, 0.15) is 65.2 Å². The smallest absolute Gasteiger partial charge is 0.331 e. The van der Waals surface area contributed by atoms with Crippen molar-refractivity contribution in [1.82, 2.24) is 0 Å². The Labute approximate surface area is 229 Å². The first-order valence-electron chi connectivity index (χ1n) is 13.2. The summed E-state index contributed by atoms with van der Waals surface area (Å²) in [6.07, 6.45) is 7.78. The van der Waals surface area contributed by atoms with Crippen LogP contribution < -0.4 is 0 Å². The molecular weight excluding hydrogens is 596 g/mol. The Morgan fingerprint density at radius 2 is 1.78 bits per heavy atom. The quantitative estimate of drug-likeness (QED) is 0.272. The largest absolute Gasteiger partial charge is 0.462 e. The van der Waals surface area contributed by atoms with E-state index in [4.69, 9.17) is 14.2 Å². The van der Waals surface area contributed by atoms with E-state index < -0.39 is 17.1 Å². The summed E-state index contributed by atoms with van der Waals surface area (Å²) < 4.78 is 16.8. The van der Waals surface area contributed by atoms with Crippen LogP contribution in [0.3, 0.4) is 0 Å². The van der Waals surface area contributed by atoms with Crippen LogP contribution in [-0.2, 0) is 28.6 Å². The Kier molecular flexibility index (Phi) is 7.16. The predicted octanol–water partition coefficient (Wildman–Crippen LogP) is 4.47. The molecule has 5 rings (SSSR count). The zero-order valence-electron chi connectivity index (χ0n) is 21.0. The lowest BCUT2D eigenvalue weighted by Gasteiger charge is -2.63. The van der Waals surface area contributed by atoms with Crippen LogP contribution in [0.2, 0.25) is 0 Å². The van der Waals surface area contributed by atoms with Crippen LogP contribution >= 0.6 is 31.9 Å². The topological polar surface area (TPSA) is 99.1 Å². The maximum atomic E-state index is 12.6. The van der Waals surface area contributed by atoms with Gasteiger partial charge in [-0.25, -0.2) is 4.79 Å². The van der Waals surface area contributed by atoms with Gasteiger partial charge in [0, 0.05) is 23.8 Å². The lowest BCUT2D eigenvalue weighted by Crippen LogP contribution is -2.62. The molecule has 4 fully saturated rings. The normalized spacial score (nSPS) is 45.6. The Morgan fingerprint density at radius 3 is 2.44 bits per heavy atom. The van der Waals surface area contributed by atoms with Gasteiger partial charge in [-0.1, -0.05) is 45.7 Å². The minimum atomic E-state index is -1.00. The van der Waals surface area contributed by atoms with E-state index in [9.17, 15) is 19.5 Å². The van der Waals surface area contributed by atoms with Crippen molar-refractivity contribution in [2.75, 3.05) is 17.3 Å². The van der Waals surface area contributed by atoms with Gasteiger partial charge in [-0.3, -0.25) is 9.59 Å². The van der Waals surface area contributed by atoms with Gasteiger partial charge in [-0.2, -0.15) is 0 Å². The standard InChI is InChI=1S/C27H36Br2O7/c1-25-7-5-17(35-22(31)12-28)10-16(25)3-4-19-18(25)6-8-26(2)24(15-9-21(30)34-14-15)20(11-27(19,26)33)36-23(32)13-29/h9,16-20,24,33H,3-8,10-14H2,1-2H3/t16-,17-,18-,19+,20-,24-,25-,26+,27+/m0/s1. The lowest BCUT2D eigenvalue weighted by molar-refractivity contribution is -0.209. The molecule has 1 heterocycles. The molecule has 0 bridgehead atoms. The van der Waals surface area contributed by atoms with E-state index in [1.165, 1.54) is 6.08 Å². The molecule has 0 radical (unpaired) electrons. The zero-order valence-corrected chi connectivity index (χ0v) is 24.1. The van der Waals surface area contributed by atoms with Crippen LogP contribution in [0.25, 0.3) is 0 Å². The van der Waals surface area contributed by atoms with Crippen molar-refractivity contribution in [3.8, 4) is 0 Å². The summed E-state index contributed by atoms with van der Waals surface area (Å²) in [6.45, 7) is 4.70. The Balaban J connectivity index is 1.43. The summed E-state index contributed by atoms with van der Waals surface area (Å²) in [6, 6.07) is 0. The predicted molar refractivity (Wildman–Crippen MR) is 138 cm³/mol. The molecule has 5 aliphatic rings. The summed E-state index contributed by atoms with van der Waals surface area (Å²) in [7, 11) is 0. The van der Waals surface area contributed by atoms with Crippen molar-refractivity contribution in [1.29, 1.82) is 0 Å². The van der Waals surface area contributed by atoms with Gasteiger partial charge in [0.05, 0.1) is 5.60 Å². The van der Waals surface area contributed by atoms with Gasteiger partial charge in [-0.05, 0) is 73.7 Å². The van der Waals surface area contributed by atoms with Gasteiger partial charge < -0.3 is 19.3 Å². The van der Waals surface area contributed by atoms with E-state index in [2.05, 4.69) is 45.7 Å². The molecule has 9 atom stereocenters. The summed E-state index contributed by atoms with van der Waals surface area (Å²) in [5.74, 6) is -0.278. The number of ether oxygens (including phenoxy) is 3. The van der Waals surface area contributed by atoms with Crippen LogP contribution in [-0.4, -0.2) is 58.1 Å². The van der Waals surface area contributed by atoms with Gasteiger partial charge in [0.2, 0.25) is 0 Å². The first kappa shape index (κ1) is 26.7. The fraction of sp³-hybridized carbons (Fsp3) is 0.815. The van der Waals surface area contributed by atoms with E-state index >= 15 is 0 Å². The summed E-state index contributed by atoms with van der Waals surface area (Å²) >= 11 is 6.39. The van der Waals surface area contributed by atoms with Crippen molar-refractivity contribution < 1.29 is 33.7 Å². The molecule has 4 saturated carbocycles. The Bertz CT molecular complexity index is 968. The number of alkyl halides is 2. The third-order valence-corrected chi connectivity index (χ3v) is 11.6. The molecule has 1 N–H and O–H groups in total. The SMILES string of the molecule is C[C@]12CC[C@H](OC(=O)CBr)C[C@@H]1CC[C@@H]1[C@@H]2CC[C@]2(C)[C@@H](C3=CC(=O)OC3)[C@@H](OC(=O)CBr)C[C@@]12O. The maximum Gasteiger partial charge on any atom is 0.331 e. The molecule has 0 aromatic carbocycles. The van der Waals surface area contributed by atoms with Gasteiger partial charge in [-0.15, -0.1) is 0 Å². The first-order valence-corrected chi connectivity index (χ1v) is 15.4. The molecule has 200 valence electrons. The number of esters is 3. The first-order chi connectivity index (χ1) is 17.1. The summed E-state index contributed by atoms with van der Waals surface area (Å²) in [5, 5.41) is 12.9. The number of hydrogen-bond acceptors (Lipinski definition) is 7. The molecule has 0 aromatic rings. The third-order valence-electron chi connectivity index (χ3n) is 10.7. The highest BCUT2D eigenvalue weighted by Gasteiger charge is 2.71. The summed E-state index contributed by atoms with van der Waals surface area (Å²) in [4.78, 5) is 36.2. The summed E-state index contributed by atoms with van der Waals surface area (Å²) in [5.41, 5.74) is -0.615. The fourth-order valence-electron chi connectivity index (χ4n) is 9.05. The van der Waals surface area contributed by atoms with Gasteiger partial charge in [0.1, 0.15) is 29.5 Å². The van der Waals surface area contributed by atoms with Crippen LogP contribution in [0.15, 0.2) is 11.6 Å². The van der Waals surface area contributed by atoms with E-state index in [0.717, 1.165) is 50.5 Å². The Hall–Kier alpha value is -0.930. The highest BCUT2D eigenvalue weighted by Crippen LogP contribution is 2.70. The van der Waals surface area contributed by atoms with E-state index in [1.54, 1.807) is 0 Å². The van der Waals surface area contributed by atoms with Crippen LogP contribution in [0.4, 0.5) is 0 Å². The van der Waals surface area contributed by atoms with E-state index in [0.29, 0.717) is 18.3 Å². The second kappa shape index (κ2) is 9.67. The number of halogens is 2. The molecule has 0 saturated heterocycles. The van der Waals surface area contributed by atoms with Crippen LogP contribution in [0, 0.1) is 34.5 Å². The van der Waals surface area contributed by atoms with E-state index in [1.807, 2.05) is 0 Å². The second-order valence-corrected chi connectivity index (χ2v) is 13.2. The lowest BCUT2D eigenvalue weighted by atomic mass is 9.43. The highest BCUT2D eigenvalue weighted by atomic mass is 79.9. The minimum absolute atomic E-state index is 0.0302. The molecule has 9 heteroatoms. The number of cyclic esters (lactones) is 1. The van der Waals surface area contributed by atoms with Crippen molar-refractivity contribution in [2.45, 2.75) is 83.0 Å². The average Bonchev–Trinajstić information content (AvgIpc) is 3.36. The molecule has 0 spiro atoms. The minimum Gasteiger partial charge on any atom is -0.462 e. The highest BCUT2D eigenvalue weighted by molar-refractivity contribution is 9.09. The number of carbonyl (C=O) groups excluding carboxylic acids is 3. The maximum absolute atomic E-state index is 12.6. The molecule has 7 nitrogen and oxygen atoms in total. The number of fused-ring (bicyclic) bond motifs is 5. The molecule has 36 heavy (non-hydrogen) atoms. The van der Waals surface area contributed by atoms with Gasteiger partial charge in [0.25, 0.3) is 0 Å². The van der Waals surface area contributed by atoms with Crippen molar-refractivity contribution in [2.24, 2.45) is 34.5 Å². The molecule has 0 amide bonds. The van der Waals surface area contributed by atoms with Crippen molar-refractivity contribution in [3.05, 3.63) is 11.6 Å². The average molecular weight is 632 g/mol. The number of rotatable bonds is 5. The van der Waals surface area contributed by atoms with Crippen molar-refractivity contribution in [3.63, 3.8) is 0 Å². The number of hydrogen-bond donors (Lipinski definition) is 1. The van der Waals surface area contributed by atoms with Gasteiger partial charge >= 0.3 is 17.9 Å². The Morgan fingerprint density at radius 1 is 1.06 bits per heavy atom. The third kappa shape index (κ3) is 4.10. The molecule has 0 aromatic heterocycles. The monoisotopic (exact) mass is 630 g/mol. The molecule has 0 unspecified atom stereocenters. The molecule has 1 aliphatic heterocycles. The fourth-order valence-corrected chi connectivity index (χ4v) is 9.32. The van der Waals surface area contributed by atoms with E-state index in [-0.39, 0.29) is 58.5 Å². The zero-order chi connectivity index (χ0) is 25.9. The molecular formula is C27H36Br2O7. The van der Waals surface area contributed by atoms with Crippen LogP contribution in [0.5, 0.6) is 0 Å². The number of aliphatic hydroxyl groups is 1. The second-order valence-electron chi connectivity index (χ2n) is 12.1. The van der Waals surface area contributed by atoms with Crippen molar-refractivity contribution >= 4 is 49.8 Å². The molecule has 4 aliphatic carbocycles. The number of carbonyl (C=O) groups is 3. The van der Waals surface area contributed by atoms with Gasteiger partial charge in [0.15, 0.2) is 0 Å².